The van der Waals surface area contributed by atoms with Crippen molar-refractivity contribution < 1.29 is 24.3 Å². The molecule has 4 rings (SSSR count). The Morgan fingerprint density at radius 2 is 2.04 bits per heavy atom. The molecule has 28 heavy (non-hydrogen) atoms. The summed E-state index contributed by atoms with van der Waals surface area (Å²) in [6.45, 7) is 0.671. The molecule has 0 bridgehead atoms. The van der Waals surface area contributed by atoms with Crippen LogP contribution in [0.25, 0.3) is 0 Å². The molecular formula is C17H19BrN3NaO5S. The fourth-order valence-electron chi connectivity index (χ4n) is 3.68. The molecular weight excluding hydrogens is 461 g/mol. The first-order valence-corrected chi connectivity index (χ1v) is 10.9. The molecule has 146 valence electrons. The topological polar surface area (TPSA) is 107 Å². The molecule has 3 aliphatic heterocycles. The number of thioether (sulfide) groups is 1. The molecule has 0 radical (unpaired) electrons. The summed E-state index contributed by atoms with van der Waals surface area (Å²) in [5.74, 6) is -1.61. The maximum atomic E-state index is 12.5. The molecule has 11 heteroatoms. The number of alkyl halides is 1. The predicted octanol–water partition coefficient (Wildman–Crippen LogP) is -0.208. The van der Waals surface area contributed by atoms with Gasteiger partial charge in [0.15, 0.2) is 0 Å². The van der Waals surface area contributed by atoms with E-state index in [4.69, 9.17) is 0 Å². The maximum absolute atomic E-state index is 12.5. The Morgan fingerprint density at radius 1 is 1.32 bits per heavy atom. The zero-order valence-electron chi connectivity index (χ0n) is 14.3. The molecule has 3 amide bonds. The average Bonchev–Trinajstić information content (AvgIpc) is 3.43. The van der Waals surface area contributed by atoms with Gasteiger partial charge < -0.3 is 15.3 Å². The number of fused-ring (bicyclic) bond motifs is 1. The third kappa shape index (κ3) is 3.81. The third-order valence-electron chi connectivity index (χ3n) is 5.13. The van der Waals surface area contributed by atoms with Crippen LogP contribution in [0, 0.1) is 0 Å². The van der Waals surface area contributed by atoms with E-state index in [9.17, 15) is 24.3 Å². The Labute approximate surface area is 196 Å². The summed E-state index contributed by atoms with van der Waals surface area (Å²) in [5.41, 5.74) is 0.994. The second-order valence-corrected chi connectivity index (χ2v) is 8.58. The zero-order valence-corrected chi connectivity index (χ0v) is 16.7. The van der Waals surface area contributed by atoms with Gasteiger partial charge in [0.05, 0.1) is 5.33 Å². The Morgan fingerprint density at radius 3 is 2.64 bits per heavy atom. The van der Waals surface area contributed by atoms with E-state index in [2.05, 4.69) is 21.2 Å². The van der Waals surface area contributed by atoms with E-state index in [0.29, 0.717) is 35.9 Å². The fraction of sp³-hybridized carbons (Fsp3) is 0.529. The van der Waals surface area contributed by atoms with Gasteiger partial charge in [-0.05, 0) is 30.9 Å². The summed E-state index contributed by atoms with van der Waals surface area (Å²) >= 11 is 4.43. The van der Waals surface area contributed by atoms with Gasteiger partial charge >= 0.3 is 35.5 Å². The summed E-state index contributed by atoms with van der Waals surface area (Å²) in [6, 6.07) is -0.390. The summed E-state index contributed by atoms with van der Waals surface area (Å²) < 4.78 is 0. The number of nitrogens with zero attached hydrogens (tertiary/aromatic N) is 2. The monoisotopic (exact) mass is 479 g/mol. The number of carboxylic acid groups (broad SMARTS) is 1. The van der Waals surface area contributed by atoms with Crippen molar-refractivity contribution >= 4 is 80.9 Å². The van der Waals surface area contributed by atoms with Gasteiger partial charge in [0.1, 0.15) is 17.1 Å². The zero-order chi connectivity index (χ0) is 19.3. The van der Waals surface area contributed by atoms with Crippen molar-refractivity contribution in [2.45, 2.75) is 36.7 Å². The van der Waals surface area contributed by atoms with Crippen LogP contribution < -0.4 is 5.32 Å². The number of hydrogen-bond acceptors (Lipinski definition) is 5. The van der Waals surface area contributed by atoms with E-state index >= 15 is 0 Å². The Balaban J connectivity index is 0.00000225. The van der Waals surface area contributed by atoms with Crippen molar-refractivity contribution in [2.75, 3.05) is 17.6 Å². The van der Waals surface area contributed by atoms with Crippen molar-refractivity contribution in [1.82, 2.24) is 15.1 Å². The summed E-state index contributed by atoms with van der Waals surface area (Å²) in [6.07, 6.45) is 4.31. The number of hydrogen-bond donors (Lipinski definition) is 2. The normalized spacial score (nSPS) is 28.1. The number of allylic oxidation sites excluding steroid dienone is 1. The number of rotatable bonds is 5. The molecule has 3 heterocycles. The molecule has 0 aromatic rings. The molecule has 0 unspecified atom stereocenters. The second-order valence-electron chi connectivity index (χ2n) is 6.92. The summed E-state index contributed by atoms with van der Waals surface area (Å²) in [5, 5.41) is 11.9. The van der Waals surface area contributed by atoms with E-state index in [1.54, 1.807) is 6.08 Å². The first-order valence-electron chi connectivity index (χ1n) is 8.70. The number of aliphatic carboxylic acids is 1. The molecule has 2 atom stereocenters. The molecule has 4 aliphatic rings. The van der Waals surface area contributed by atoms with E-state index in [1.165, 1.54) is 16.7 Å². The Kier molecular flexibility index (Phi) is 6.65. The van der Waals surface area contributed by atoms with E-state index < -0.39 is 23.3 Å². The molecule has 0 spiro atoms. The predicted molar refractivity (Wildman–Crippen MR) is 108 cm³/mol. The number of β-lactam (4-membered cyclic amide) rings is 1. The number of carboxylic acids is 1. The number of carbonyl (C=O) groups excluding carboxylic acids is 3. The van der Waals surface area contributed by atoms with Crippen molar-refractivity contribution in [2.24, 2.45) is 0 Å². The van der Waals surface area contributed by atoms with Crippen LogP contribution in [0.5, 0.6) is 0 Å². The van der Waals surface area contributed by atoms with Crippen molar-refractivity contribution in [3.05, 3.63) is 22.9 Å². The number of halogens is 1. The van der Waals surface area contributed by atoms with Crippen molar-refractivity contribution in [3.8, 4) is 0 Å². The van der Waals surface area contributed by atoms with Crippen LogP contribution in [0.15, 0.2) is 22.9 Å². The number of nitrogens with one attached hydrogen (secondary N) is 1. The van der Waals surface area contributed by atoms with Gasteiger partial charge in [-0.1, -0.05) is 15.9 Å². The number of carbonyl (C=O) groups is 4. The van der Waals surface area contributed by atoms with Gasteiger partial charge in [-0.25, -0.2) is 4.79 Å². The van der Waals surface area contributed by atoms with Gasteiger partial charge in [-0.15, -0.1) is 11.8 Å². The van der Waals surface area contributed by atoms with E-state index in [1.807, 2.05) is 4.90 Å². The second kappa shape index (κ2) is 8.51. The third-order valence-corrected chi connectivity index (χ3v) is 6.94. The first kappa shape index (κ1) is 21.9. The number of amides is 3. The Bertz CT molecular complexity index is 813. The van der Waals surface area contributed by atoms with Crippen LogP contribution >= 0.6 is 27.7 Å². The molecule has 3 fully saturated rings. The van der Waals surface area contributed by atoms with Crippen LogP contribution in [0.1, 0.15) is 19.3 Å². The summed E-state index contributed by atoms with van der Waals surface area (Å²) in [4.78, 5) is 51.4. The van der Waals surface area contributed by atoms with Crippen molar-refractivity contribution in [3.63, 3.8) is 0 Å². The molecule has 2 saturated heterocycles. The average molecular weight is 480 g/mol. The Hall–Kier alpha value is -0.810. The van der Waals surface area contributed by atoms with E-state index in [0.717, 1.165) is 12.8 Å². The first-order chi connectivity index (χ1) is 12.9. The van der Waals surface area contributed by atoms with Crippen LogP contribution in [-0.2, 0) is 19.2 Å². The molecule has 1 aliphatic carbocycles. The minimum atomic E-state index is -1.20. The van der Waals surface area contributed by atoms with Crippen LogP contribution in [0.3, 0.4) is 0 Å². The fourth-order valence-corrected chi connectivity index (χ4v) is 5.15. The van der Waals surface area contributed by atoms with Crippen LogP contribution in [0.2, 0.25) is 0 Å². The van der Waals surface area contributed by atoms with Gasteiger partial charge in [0.25, 0.3) is 5.91 Å². The van der Waals surface area contributed by atoms with Crippen LogP contribution in [-0.4, -0.2) is 103 Å². The minimum absolute atomic E-state index is 0. The molecule has 0 aromatic heterocycles. The van der Waals surface area contributed by atoms with Gasteiger partial charge in [-0.2, -0.15) is 0 Å². The summed E-state index contributed by atoms with van der Waals surface area (Å²) in [7, 11) is 0. The van der Waals surface area contributed by atoms with Gasteiger partial charge in [0, 0.05) is 23.9 Å². The van der Waals surface area contributed by atoms with Crippen molar-refractivity contribution in [1.29, 1.82) is 0 Å². The number of likely N-dealkylation sites (tertiary alicyclic amines) is 1. The van der Waals surface area contributed by atoms with Gasteiger partial charge in [-0.3, -0.25) is 19.3 Å². The standard InChI is InChI=1S/C17H18BrN3O5S.Na.H/c18-6-11(22)19-12-15(24)21-13(17(25)26)9(7-27-16(12)21)5-8-3-4-20(14(8)23)10-1-2-10;;/h5,10,12,16H,1-4,6-7H2,(H,19,22)(H,25,26);;/b8-5+;;/t12-,16-;;/m1../s1. The quantitative estimate of drug-likeness (QED) is 0.244. The molecule has 8 nitrogen and oxygen atoms in total. The van der Waals surface area contributed by atoms with E-state index in [-0.39, 0.29) is 52.4 Å². The van der Waals surface area contributed by atoms with Gasteiger partial charge in [0.2, 0.25) is 11.8 Å². The molecule has 0 aromatic carbocycles. The molecule has 1 saturated carbocycles. The van der Waals surface area contributed by atoms with Crippen LogP contribution in [0.4, 0.5) is 0 Å². The SMILES string of the molecule is O=C(CBr)N[C@@H]1C(=O)N2C(C(=O)O)=C(/C=C3\CCN(C4CC4)C3=O)CS[C@H]12.[NaH]. The molecule has 2 N–H and O–H groups in total.